The molecule has 0 heterocycles. The van der Waals surface area contributed by atoms with Crippen molar-refractivity contribution in [3.63, 3.8) is 0 Å². The van der Waals surface area contributed by atoms with Gasteiger partial charge in [0, 0.05) is 0 Å². The Morgan fingerprint density at radius 3 is 2.07 bits per heavy atom. The number of rotatable bonds is 1. The molecule has 0 nitrogen and oxygen atoms in total. The molecule has 0 aromatic heterocycles. The fourth-order valence-electron chi connectivity index (χ4n) is 0.902. The van der Waals surface area contributed by atoms with Gasteiger partial charge in [0.1, 0.15) is 10.7 Å². The number of benzene rings is 1. The van der Waals surface area contributed by atoms with Crippen LogP contribution in [-0.2, 0) is 6.18 Å². The second-order valence-electron chi connectivity index (χ2n) is 2.57. The highest BCUT2D eigenvalue weighted by Crippen LogP contribution is 2.33. The van der Waals surface area contributed by atoms with Crippen molar-refractivity contribution in [2.24, 2.45) is 0 Å². The third kappa shape index (κ3) is 2.75. The maximum Gasteiger partial charge on any atom is 0.416 e. The van der Waals surface area contributed by atoms with Crippen LogP contribution in [0.15, 0.2) is 18.2 Å². The molecular formula is C8H4Cl2F4. The first kappa shape index (κ1) is 11.6. The predicted molar refractivity (Wildman–Crippen MR) is 45.8 cm³/mol. The number of alkyl halides is 5. The SMILES string of the molecule is Fc1cc(C(Cl)Cl)cc(C(F)(F)F)c1. The molecule has 0 amide bonds. The maximum absolute atomic E-state index is 12.7. The van der Waals surface area contributed by atoms with E-state index in [-0.39, 0.29) is 5.56 Å². The summed E-state index contributed by atoms with van der Waals surface area (Å²) in [5.74, 6) is -1.01. The molecule has 0 N–H and O–H groups in total. The molecule has 1 aromatic rings. The Hall–Kier alpha value is -0.480. The molecule has 0 bridgehead atoms. The number of halogens is 6. The summed E-state index contributed by atoms with van der Waals surface area (Å²) in [6.45, 7) is 0. The van der Waals surface area contributed by atoms with Gasteiger partial charge in [-0.2, -0.15) is 13.2 Å². The largest absolute Gasteiger partial charge is 0.416 e. The van der Waals surface area contributed by atoms with E-state index < -0.39 is 22.4 Å². The zero-order valence-corrected chi connectivity index (χ0v) is 8.09. The summed E-state index contributed by atoms with van der Waals surface area (Å²) in [4.78, 5) is -1.17. The quantitative estimate of drug-likeness (QED) is 0.512. The van der Waals surface area contributed by atoms with Crippen LogP contribution >= 0.6 is 23.2 Å². The molecule has 0 fully saturated rings. The van der Waals surface area contributed by atoms with Crippen molar-refractivity contribution in [3.8, 4) is 0 Å². The van der Waals surface area contributed by atoms with Crippen LogP contribution in [0.25, 0.3) is 0 Å². The van der Waals surface area contributed by atoms with Crippen LogP contribution in [0.2, 0.25) is 0 Å². The van der Waals surface area contributed by atoms with Gasteiger partial charge < -0.3 is 0 Å². The second-order valence-corrected chi connectivity index (χ2v) is 3.67. The van der Waals surface area contributed by atoms with Gasteiger partial charge in [-0.15, -0.1) is 23.2 Å². The van der Waals surface area contributed by atoms with Crippen molar-refractivity contribution < 1.29 is 17.6 Å². The smallest absolute Gasteiger partial charge is 0.207 e. The van der Waals surface area contributed by atoms with Crippen molar-refractivity contribution in [2.45, 2.75) is 11.0 Å². The average molecular weight is 247 g/mol. The van der Waals surface area contributed by atoms with Crippen LogP contribution < -0.4 is 0 Å². The van der Waals surface area contributed by atoms with Gasteiger partial charge in [0.25, 0.3) is 0 Å². The Morgan fingerprint density at radius 2 is 1.64 bits per heavy atom. The topological polar surface area (TPSA) is 0 Å². The van der Waals surface area contributed by atoms with E-state index in [4.69, 9.17) is 23.2 Å². The monoisotopic (exact) mass is 246 g/mol. The van der Waals surface area contributed by atoms with Crippen LogP contribution in [0.5, 0.6) is 0 Å². The van der Waals surface area contributed by atoms with Crippen molar-refractivity contribution in [1.29, 1.82) is 0 Å². The van der Waals surface area contributed by atoms with Gasteiger partial charge in [-0.05, 0) is 23.8 Å². The molecule has 0 spiro atoms. The lowest BCUT2D eigenvalue weighted by molar-refractivity contribution is -0.137. The highest BCUT2D eigenvalue weighted by Gasteiger charge is 2.31. The minimum absolute atomic E-state index is 0.111. The molecule has 0 aliphatic rings. The molecule has 78 valence electrons. The van der Waals surface area contributed by atoms with Crippen LogP contribution in [-0.4, -0.2) is 0 Å². The summed E-state index contributed by atoms with van der Waals surface area (Å²) in [7, 11) is 0. The average Bonchev–Trinajstić information content (AvgIpc) is 2.01. The minimum Gasteiger partial charge on any atom is -0.207 e. The van der Waals surface area contributed by atoms with E-state index >= 15 is 0 Å². The first-order valence-electron chi connectivity index (χ1n) is 3.46. The fourth-order valence-corrected chi connectivity index (χ4v) is 1.15. The molecule has 0 aliphatic heterocycles. The van der Waals surface area contributed by atoms with E-state index in [1.165, 1.54) is 0 Å². The highest BCUT2D eigenvalue weighted by molar-refractivity contribution is 6.44. The molecule has 0 saturated carbocycles. The van der Waals surface area contributed by atoms with Gasteiger partial charge >= 0.3 is 6.18 Å². The zero-order valence-electron chi connectivity index (χ0n) is 6.58. The number of hydrogen-bond donors (Lipinski definition) is 0. The lowest BCUT2D eigenvalue weighted by atomic mass is 10.1. The zero-order chi connectivity index (χ0) is 10.9. The van der Waals surface area contributed by atoms with Crippen LogP contribution in [0.3, 0.4) is 0 Å². The van der Waals surface area contributed by atoms with Gasteiger partial charge in [-0.3, -0.25) is 0 Å². The van der Waals surface area contributed by atoms with Gasteiger partial charge in [-0.25, -0.2) is 4.39 Å². The third-order valence-corrected chi connectivity index (χ3v) is 2.00. The Bertz CT molecular complexity index is 333. The Morgan fingerprint density at radius 1 is 1.07 bits per heavy atom. The molecular weight excluding hydrogens is 243 g/mol. The molecule has 0 radical (unpaired) electrons. The standard InChI is InChI=1S/C8H4Cl2F4/c9-7(10)4-1-5(8(12,13)14)3-6(11)2-4/h1-3,7H. The van der Waals surface area contributed by atoms with Crippen LogP contribution in [0, 0.1) is 5.82 Å². The Labute approximate surface area is 87.4 Å². The fraction of sp³-hybridized carbons (Fsp3) is 0.250. The van der Waals surface area contributed by atoms with Crippen molar-refractivity contribution in [2.75, 3.05) is 0 Å². The summed E-state index contributed by atoms with van der Waals surface area (Å²) < 4.78 is 49.2. The lowest BCUT2D eigenvalue weighted by Crippen LogP contribution is -2.06. The highest BCUT2D eigenvalue weighted by atomic mass is 35.5. The molecule has 1 aromatic carbocycles. The van der Waals surface area contributed by atoms with Crippen LogP contribution in [0.4, 0.5) is 17.6 Å². The van der Waals surface area contributed by atoms with Gasteiger partial charge in [0.05, 0.1) is 5.56 Å². The molecule has 14 heavy (non-hydrogen) atoms. The summed E-state index contributed by atoms with van der Waals surface area (Å²) in [5, 5.41) is 0. The minimum atomic E-state index is -4.60. The molecule has 6 heteroatoms. The summed E-state index contributed by atoms with van der Waals surface area (Å²) >= 11 is 10.7. The van der Waals surface area contributed by atoms with Gasteiger partial charge in [-0.1, -0.05) is 0 Å². The van der Waals surface area contributed by atoms with Gasteiger partial charge in [0.15, 0.2) is 0 Å². The van der Waals surface area contributed by atoms with Crippen molar-refractivity contribution in [3.05, 3.63) is 35.1 Å². The van der Waals surface area contributed by atoms with Crippen molar-refractivity contribution >= 4 is 23.2 Å². The Balaban J connectivity index is 3.21. The molecule has 0 unspecified atom stereocenters. The van der Waals surface area contributed by atoms with E-state index in [2.05, 4.69) is 0 Å². The lowest BCUT2D eigenvalue weighted by Gasteiger charge is -2.09. The second kappa shape index (κ2) is 3.95. The maximum atomic E-state index is 12.7. The molecule has 0 saturated heterocycles. The summed E-state index contributed by atoms with van der Waals surface area (Å²) in [6.07, 6.45) is -4.60. The van der Waals surface area contributed by atoms with E-state index in [1.54, 1.807) is 0 Å². The molecule has 0 atom stereocenters. The van der Waals surface area contributed by atoms with E-state index in [0.29, 0.717) is 12.1 Å². The predicted octanol–water partition coefficient (Wildman–Crippen LogP) is 4.32. The van der Waals surface area contributed by atoms with Crippen molar-refractivity contribution in [1.82, 2.24) is 0 Å². The Kier molecular flexibility index (Phi) is 3.27. The first-order chi connectivity index (χ1) is 6.30. The van der Waals surface area contributed by atoms with E-state index in [9.17, 15) is 17.6 Å². The summed E-state index contributed by atoms with van der Waals surface area (Å²) in [6, 6.07) is 1.97. The van der Waals surface area contributed by atoms with E-state index in [0.717, 1.165) is 6.07 Å². The third-order valence-electron chi connectivity index (χ3n) is 1.50. The molecule has 0 aliphatic carbocycles. The van der Waals surface area contributed by atoms with E-state index in [1.807, 2.05) is 0 Å². The number of hydrogen-bond acceptors (Lipinski definition) is 0. The molecule has 1 rings (SSSR count). The van der Waals surface area contributed by atoms with Gasteiger partial charge in [0.2, 0.25) is 0 Å². The van der Waals surface area contributed by atoms with Crippen LogP contribution in [0.1, 0.15) is 16.0 Å². The normalized spacial score (nSPS) is 12.2. The first-order valence-corrected chi connectivity index (χ1v) is 4.34. The summed E-state index contributed by atoms with van der Waals surface area (Å²) in [5.41, 5.74) is -1.21.